The van der Waals surface area contributed by atoms with E-state index in [0.717, 1.165) is 36.1 Å². The molecule has 2 aliphatic rings. The molecule has 1 saturated heterocycles. The molecular formula is C23H28N2O5S2. The Hall–Kier alpha value is -2.39. The van der Waals surface area contributed by atoms with Crippen LogP contribution in [0.15, 0.2) is 24.3 Å². The Kier molecular flexibility index (Phi) is 6.57. The van der Waals surface area contributed by atoms with E-state index >= 15 is 0 Å². The van der Waals surface area contributed by atoms with Crippen LogP contribution in [0.25, 0.3) is 0 Å². The predicted molar refractivity (Wildman–Crippen MR) is 126 cm³/mol. The molecule has 7 nitrogen and oxygen atoms in total. The number of rotatable bonds is 6. The highest BCUT2D eigenvalue weighted by Crippen LogP contribution is 2.38. The van der Waals surface area contributed by atoms with Gasteiger partial charge in [-0.3, -0.25) is 9.59 Å². The Bertz CT molecular complexity index is 1120. The Balaban J connectivity index is 1.55. The highest BCUT2D eigenvalue weighted by Gasteiger charge is 2.32. The van der Waals surface area contributed by atoms with E-state index in [-0.39, 0.29) is 35.5 Å². The Morgan fingerprint density at radius 3 is 2.47 bits per heavy atom. The predicted octanol–water partition coefficient (Wildman–Crippen LogP) is 3.58. The van der Waals surface area contributed by atoms with Gasteiger partial charge in [-0.2, -0.15) is 0 Å². The molecule has 0 spiro atoms. The largest absolute Gasteiger partial charge is 0.491 e. The molecule has 4 rings (SSSR count). The second kappa shape index (κ2) is 9.23. The smallest absolute Gasteiger partial charge is 0.256 e. The molecule has 9 heteroatoms. The number of amides is 2. The first-order valence-corrected chi connectivity index (χ1v) is 13.6. The van der Waals surface area contributed by atoms with Gasteiger partial charge in [-0.1, -0.05) is 0 Å². The number of ether oxygens (including phenoxy) is 1. The van der Waals surface area contributed by atoms with Gasteiger partial charge in [0.25, 0.3) is 11.8 Å². The van der Waals surface area contributed by atoms with Crippen LogP contribution in [0.5, 0.6) is 5.75 Å². The lowest BCUT2D eigenvalue weighted by Crippen LogP contribution is -2.36. The number of thiophene rings is 1. The third kappa shape index (κ3) is 5.15. The number of benzene rings is 1. The van der Waals surface area contributed by atoms with Gasteiger partial charge in [0.2, 0.25) is 0 Å². The van der Waals surface area contributed by atoms with Gasteiger partial charge in [-0.25, -0.2) is 8.42 Å². The van der Waals surface area contributed by atoms with Crippen LogP contribution in [-0.4, -0.2) is 43.9 Å². The van der Waals surface area contributed by atoms with Gasteiger partial charge in [0.1, 0.15) is 10.8 Å². The van der Waals surface area contributed by atoms with Crippen molar-refractivity contribution in [3.63, 3.8) is 0 Å². The minimum atomic E-state index is -3.10. The monoisotopic (exact) mass is 476 g/mol. The van der Waals surface area contributed by atoms with Crippen LogP contribution in [0.4, 0.5) is 5.00 Å². The van der Waals surface area contributed by atoms with E-state index in [0.29, 0.717) is 28.3 Å². The molecule has 1 aromatic carbocycles. The van der Waals surface area contributed by atoms with E-state index < -0.39 is 9.84 Å². The van der Waals surface area contributed by atoms with Crippen LogP contribution >= 0.6 is 11.3 Å². The maximum Gasteiger partial charge on any atom is 0.256 e. The number of anilines is 1. The number of aryl methyl sites for hydroxylation is 1. The zero-order chi connectivity index (χ0) is 22.9. The van der Waals surface area contributed by atoms with E-state index in [1.165, 1.54) is 11.3 Å². The highest BCUT2D eigenvalue weighted by molar-refractivity contribution is 7.91. The molecule has 2 N–H and O–H groups in total. The molecule has 1 aliphatic heterocycles. The SMILES string of the molecule is CC(C)Oc1ccc(C(=O)Nc2sc3c(c2C(=O)N[C@H]2CCS(=O)(=O)C2)CCCC3)cc1. The van der Waals surface area contributed by atoms with Crippen LogP contribution < -0.4 is 15.4 Å². The molecule has 1 aliphatic carbocycles. The van der Waals surface area contributed by atoms with Crippen molar-refractivity contribution in [3.8, 4) is 5.75 Å². The summed E-state index contributed by atoms with van der Waals surface area (Å²) < 4.78 is 29.2. The van der Waals surface area contributed by atoms with E-state index in [9.17, 15) is 18.0 Å². The summed E-state index contributed by atoms with van der Waals surface area (Å²) in [6, 6.07) is 6.52. The lowest BCUT2D eigenvalue weighted by Gasteiger charge is -2.15. The van der Waals surface area contributed by atoms with Crippen molar-refractivity contribution in [2.45, 2.75) is 58.1 Å². The molecule has 2 heterocycles. The minimum Gasteiger partial charge on any atom is -0.491 e. The van der Waals surface area contributed by atoms with Gasteiger partial charge < -0.3 is 15.4 Å². The summed E-state index contributed by atoms with van der Waals surface area (Å²) in [5.41, 5.74) is 1.94. The normalized spacial score (nSPS) is 19.4. The zero-order valence-corrected chi connectivity index (χ0v) is 19.9. The summed E-state index contributed by atoms with van der Waals surface area (Å²) in [6.07, 6.45) is 4.19. The van der Waals surface area contributed by atoms with Gasteiger partial charge >= 0.3 is 0 Å². The number of fused-ring (bicyclic) bond motifs is 1. The van der Waals surface area contributed by atoms with Crippen LogP contribution in [0.3, 0.4) is 0 Å². The maximum atomic E-state index is 13.2. The van der Waals surface area contributed by atoms with Gasteiger partial charge in [-0.05, 0) is 75.8 Å². The van der Waals surface area contributed by atoms with Crippen LogP contribution in [-0.2, 0) is 22.7 Å². The fourth-order valence-corrected chi connectivity index (χ4v) is 7.15. The van der Waals surface area contributed by atoms with Crippen LogP contribution in [0.2, 0.25) is 0 Å². The molecule has 0 radical (unpaired) electrons. The summed E-state index contributed by atoms with van der Waals surface area (Å²) in [5.74, 6) is 0.159. The lowest BCUT2D eigenvalue weighted by molar-refractivity contribution is 0.0941. The number of nitrogens with one attached hydrogen (secondary N) is 2. The Labute approximate surface area is 192 Å². The molecule has 0 bridgehead atoms. The summed E-state index contributed by atoms with van der Waals surface area (Å²) >= 11 is 1.45. The van der Waals surface area contributed by atoms with Crippen LogP contribution in [0, 0.1) is 0 Å². The molecule has 172 valence electrons. The van der Waals surface area contributed by atoms with Crippen molar-refractivity contribution in [1.29, 1.82) is 0 Å². The van der Waals surface area contributed by atoms with E-state index in [1.807, 2.05) is 13.8 Å². The summed E-state index contributed by atoms with van der Waals surface area (Å²) in [7, 11) is -3.10. The van der Waals surface area contributed by atoms with E-state index in [2.05, 4.69) is 10.6 Å². The van der Waals surface area contributed by atoms with Crippen molar-refractivity contribution in [2.75, 3.05) is 16.8 Å². The topological polar surface area (TPSA) is 102 Å². The summed E-state index contributed by atoms with van der Waals surface area (Å²) in [4.78, 5) is 27.2. The number of hydrogen-bond donors (Lipinski definition) is 2. The molecular weight excluding hydrogens is 448 g/mol. The van der Waals surface area contributed by atoms with Gasteiger partial charge in [0.15, 0.2) is 9.84 Å². The zero-order valence-electron chi connectivity index (χ0n) is 18.3. The fraction of sp³-hybridized carbons (Fsp3) is 0.478. The number of carbonyl (C=O) groups excluding carboxylic acids is 2. The second-order valence-corrected chi connectivity index (χ2v) is 12.0. The standard InChI is InChI=1S/C23H28N2O5S2/c1-14(2)30-17-9-7-15(8-10-17)21(26)25-23-20(18-5-3-4-6-19(18)31-23)22(27)24-16-11-12-32(28,29)13-16/h7-10,14,16H,3-6,11-13H2,1-2H3,(H,24,27)(H,25,26)/t16-/m0/s1. The molecule has 2 aromatic rings. The first-order valence-electron chi connectivity index (χ1n) is 11.0. The maximum absolute atomic E-state index is 13.2. The average Bonchev–Trinajstić information content (AvgIpc) is 3.26. The number of sulfone groups is 1. The van der Waals surface area contributed by atoms with Crippen molar-refractivity contribution < 1.29 is 22.7 Å². The van der Waals surface area contributed by atoms with Gasteiger partial charge in [0, 0.05) is 16.5 Å². The Morgan fingerprint density at radius 1 is 1.09 bits per heavy atom. The second-order valence-electron chi connectivity index (χ2n) is 8.63. The average molecular weight is 477 g/mol. The highest BCUT2D eigenvalue weighted by atomic mass is 32.2. The van der Waals surface area contributed by atoms with Gasteiger partial charge in [-0.15, -0.1) is 11.3 Å². The quantitative estimate of drug-likeness (QED) is 0.664. The van der Waals surface area contributed by atoms with E-state index in [4.69, 9.17) is 4.74 Å². The third-order valence-corrected chi connectivity index (χ3v) is 8.66. The third-order valence-electron chi connectivity index (χ3n) is 5.68. The molecule has 1 fully saturated rings. The number of carbonyl (C=O) groups is 2. The first kappa shape index (κ1) is 22.8. The molecule has 0 saturated carbocycles. The molecule has 32 heavy (non-hydrogen) atoms. The first-order chi connectivity index (χ1) is 15.2. The molecule has 1 aromatic heterocycles. The Morgan fingerprint density at radius 2 is 1.81 bits per heavy atom. The minimum absolute atomic E-state index is 0.0302. The van der Waals surface area contributed by atoms with Crippen molar-refractivity contribution in [1.82, 2.24) is 5.32 Å². The van der Waals surface area contributed by atoms with E-state index in [1.54, 1.807) is 24.3 Å². The molecule has 1 atom stereocenters. The lowest BCUT2D eigenvalue weighted by atomic mass is 9.95. The summed E-state index contributed by atoms with van der Waals surface area (Å²) in [6.45, 7) is 3.87. The molecule has 2 amide bonds. The fourth-order valence-electron chi connectivity index (χ4n) is 4.19. The van der Waals surface area contributed by atoms with Crippen molar-refractivity contribution >= 4 is 38.0 Å². The van der Waals surface area contributed by atoms with Crippen molar-refractivity contribution in [2.24, 2.45) is 0 Å². The van der Waals surface area contributed by atoms with Crippen molar-refractivity contribution in [3.05, 3.63) is 45.8 Å². The van der Waals surface area contributed by atoms with Crippen LogP contribution in [0.1, 0.15) is 64.3 Å². The number of hydrogen-bond acceptors (Lipinski definition) is 6. The summed E-state index contributed by atoms with van der Waals surface area (Å²) in [5, 5.41) is 6.34. The molecule has 0 unspecified atom stereocenters. The van der Waals surface area contributed by atoms with Gasteiger partial charge in [0.05, 0.1) is 23.2 Å².